The van der Waals surface area contributed by atoms with E-state index in [1.54, 1.807) is 45.0 Å². The Hall–Kier alpha value is -2.04. The summed E-state index contributed by atoms with van der Waals surface area (Å²) in [6.07, 6.45) is 19.5. The van der Waals surface area contributed by atoms with Gasteiger partial charge in [-0.3, -0.25) is 4.79 Å². The number of hydrogen-bond donors (Lipinski definition) is 1. The number of unbranched alkanes of at least 4 members (excludes halogenated alkanes) is 14. The number of benzene rings is 1. The van der Waals surface area contributed by atoms with Gasteiger partial charge in [-0.25, -0.2) is 4.79 Å². The number of anilines is 1. The van der Waals surface area contributed by atoms with Crippen molar-refractivity contribution in [3.05, 3.63) is 24.3 Å². The molecule has 5 nitrogen and oxygen atoms in total. The van der Waals surface area contributed by atoms with Gasteiger partial charge in [-0.05, 0) is 51.5 Å². The molecule has 5 heteroatoms. The maximum Gasteiger partial charge on any atom is 0.514 e. The van der Waals surface area contributed by atoms with Crippen molar-refractivity contribution in [2.45, 2.75) is 136 Å². The van der Waals surface area contributed by atoms with Crippen molar-refractivity contribution in [2.24, 2.45) is 0 Å². The Bertz CT molecular complexity index is 664. The molecule has 0 radical (unpaired) electrons. The van der Waals surface area contributed by atoms with Gasteiger partial charge in [-0.1, -0.05) is 96.8 Å². The summed E-state index contributed by atoms with van der Waals surface area (Å²) in [5.41, 5.74) is 0.0975. The number of ether oxygens (including phenoxy) is 2. The number of carbonyl (C=O) groups is 2. The van der Waals surface area contributed by atoms with E-state index in [0.29, 0.717) is 17.9 Å². The summed E-state index contributed by atoms with van der Waals surface area (Å²) in [7, 11) is 0. The third-order valence-electron chi connectivity index (χ3n) is 5.74. The average molecular weight is 476 g/mol. The minimum atomic E-state index is -0.738. The zero-order valence-corrected chi connectivity index (χ0v) is 22.3. The van der Waals surface area contributed by atoms with Gasteiger partial charge in [0.25, 0.3) is 0 Å². The van der Waals surface area contributed by atoms with E-state index in [2.05, 4.69) is 12.2 Å². The van der Waals surface area contributed by atoms with Crippen LogP contribution in [0.2, 0.25) is 0 Å². The van der Waals surface area contributed by atoms with E-state index in [1.165, 1.54) is 83.5 Å². The van der Waals surface area contributed by atoms with Crippen LogP contribution in [0.5, 0.6) is 5.75 Å². The van der Waals surface area contributed by atoms with Gasteiger partial charge >= 0.3 is 6.16 Å². The molecular formula is C29H49NO4. The predicted molar refractivity (Wildman–Crippen MR) is 141 cm³/mol. The number of rotatable bonds is 18. The van der Waals surface area contributed by atoms with Crippen molar-refractivity contribution in [1.29, 1.82) is 0 Å². The molecule has 1 aromatic carbocycles. The monoisotopic (exact) mass is 475 g/mol. The molecule has 0 bridgehead atoms. The van der Waals surface area contributed by atoms with Crippen molar-refractivity contribution in [3.8, 4) is 5.75 Å². The van der Waals surface area contributed by atoms with Crippen molar-refractivity contribution < 1.29 is 19.1 Å². The molecule has 0 spiro atoms. The van der Waals surface area contributed by atoms with Crippen LogP contribution >= 0.6 is 0 Å². The summed E-state index contributed by atoms with van der Waals surface area (Å²) in [4.78, 5) is 23.8. The normalized spacial score (nSPS) is 11.3. The quantitative estimate of drug-likeness (QED) is 0.130. The zero-order valence-electron chi connectivity index (χ0n) is 22.3. The van der Waals surface area contributed by atoms with Gasteiger partial charge in [0, 0.05) is 12.1 Å². The van der Waals surface area contributed by atoms with Crippen molar-refractivity contribution in [2.75, 3.05) is 5.32 Å². The van der Waals surface area contributed by atoms with Crippen LogP contribution in [0.25, 0.3) is 0 Å². The van der Waals surface area contributed by atoms with E-state index in [0.717, 1.165) is 12.8 Å². The van der Waals surface area contributed by atoms with Gasteiger partial charge in [0.15, 0.2) is 0 Å². The molecule has 34 heavy (non-hydrogen) atoms. The summed E-state index contributed by atoms with van der Waals surface area (Å²) in [6, 6.07) is 6.74. The summed E-state index contributed by atoms with van der Waals surface area (Å²) < 4.78 is 10.3. The number of nitrogens with one attached hydrogen (secondary N) is 1. The highest BCUT2D eigenvalue weighted by molar-refractivity contribution is 5.90. The molecule has 194 valence electrons. The topological polar surface area (TPSA) is 64.6 Å². The molecule has 0 saturated carbocycles. The maximum absolute atomic E-state index is 12.1. The molecule has 1 amide bonds. The van der Waals surface area contributed by atoms with Crippen LogP contribution in [0.3, 0.4) is 0 Å². The molecule has 0 aliphatic rings. The number of hydrogen-bond acceptors (Lipinski definition) is 4. The van der Waals surface area contributed by atoms with Gasteiger partial charge in [-0.2, -0.15) is 0 Å². The highest BCUT2D eigenvalue weighted by atomic mass is 16.7. The van der Waals surface area contributed by atoms with Crippen LogP contribution in [0.1, 0.15) is 130 Å². The minimum absolute atomic E-state index is 0.0236. The third kappa shape index (κ3) is 17.4. The second-order valence-electron chi connectivity index (χ2n) is 10.3. The third-order valence-corrected chi connectivity index (χ3v) is 5.74. The smallest absolute Gasteiger partial charge is 0.428 e. The van der Waals surface area contributed by atoms with Gasteiger partial charge in [0.1, 0.15) is 11.4 Å². The van der Waals surface area contributed by atoms with Crippen LogP contribution in [0.4, 0.5) is 10.5 Å². The molecule has 0 aliphatic heterocycles. The second kappa shape index (κ2) is 18.3. The first kappa shape index (κ1) is 30.0. The Kier molecular flexibility index (Phi) is 16.1. The molecule has 0 aliphatic carbocycles. The molecule has 1 N–H and O–H groups in total. The lowest BCUT2D eigenvalue weighted by Crippen LogP contribution is -2.25. The van der Waals surface area contributed by atoms with Gasteiger partial charge in [0.2, 0.25) is 5.91 Å². The first-order valence-corrected chi connectivity index (χ1v) is 13.6. The molecule has 1 aromatic rings. The van der Waals surface area contributed by atoms with Crippen LogP contribution in [0.15, 0.2) is 24.3 Å². The first-order valence-electron chi connectivity index (χ1n) is 13.6. The van der Waals surface area contributed by atoms with Crippen LogP contribution in [0, 0.1) is 0 Å². The molecule has 0 unspecified atom stereocenters. The standard InChI is InChI=1S/C29H49NO4/c1-5-6-7-8-9-10-11-12-13-14-15-16-17-18-19-20-27(31)30-25-21-23-26(24-22-25)33-28(32)34-29(2,3)4/h21-24H,5-20H2,1-4H3,(H,30,31). The predicted octanol–water partition coefficient (Wildman–Crippen LogP) is 9.20. The fraction of sp³-hybridized carbons (Fsp3) is 0.724. The lowest BCUT2D eigenvalue weighted by atomic mass is 10.0. The number of carbonyl (C=O) groups excluding carboxylic acids is 2. The zero-order chi connectivity index (χ0) is 25.1. The van der Waals surface area contributed by atoms with E-state index < -0.39 is 11.8 Å². The van der Waals surface area contributed by atoms with E-state index in [4.69, 9.17) is 9.47 Å². The fourth-order valence-electron chi connectivity index (χ4n) is 3.85. The second-order valence-corrected chi connectivity index (χ2v) is 10.3. The maximum atomic E-state index is 12.1. The Labute approximate surface area is 208 Å². The summed E-state index contributed by atoms with van der Waals surface area (Å²) in [6.45, 7) is 7.62. The Morgan fingerprint density at radius 1 is 0.706 bits per heavy atom. The van der Waals surface area contributed by atoms with E-state index in [9.17, 15) is 9.59 Å². The Morgan fingerprint density at radius 3 is 1.59 bits per heavy atom. The summed E-state index contributed by atoms with van der Waals surface area (Å²) in [5.74, 6) is 0.408. The van der Waals surface area contributed by atoms with Crippen LogP contribution in [-0.4, -0.2) is 17.7 Å². The molecule has 0 aromatic heterocycles. The van der Waals surface area contributed by atoms with Crippen molar-refractivity contribution in [1.82, 2.24) is 0 Å². The first-order chi connectivity index (χ1) is 16.3. The summed E-state index contributed by atoms with van der Waals surface area (Å²) >= 11 is 0. The molecule has 0 fully saturated rings. The minimum Gasteiger partial charge on any atom is -0.428 e. The highest BCUT2D eigenvalue weighted by Gasteiger charge is 2.18. The SMILES string of the molecule is CCCCCCCCCCCCCCCCCC(=O)Nc1ccc(OC(=O)OC(C)(C)C)cc1. The molecule has 0 saturated heterocycles. The molecule has 0 heterocycles. The van der Waals surface area contributed by atoms with Gasteiger partial charge in [-0.15, -0.1) is 0 Å². The lowest BCUT2D eigenvalue weighted by Gasteiger charge is -2.18. The van der Waals surface area contributed by atoms with Crippen LogP contribution in [-0.2, 0) is 9.53 Å². The van der Waals surface area contributed by atoms with Crippen molar-refractivity contribution in [3.63, 3.8) is 0 Å². The Balaban J connectivity index is 1.99. The Morgan fingerprint density at radius 2 is 1.15 bits per heavy atom. The highest BCUT2D eigenvalue weighted by Crippen LogP contribution is 2.18. The van der Waals surface area contributed by atoms with Crippen molar-refractivity contribution >= 4 is 17.7 Å². The summed E-state index contributed by atoms with van der Waals surface area (Å²) in [5, 5.41) is 2.90. The molecule has 0 atom stereocenters. The molecule has 1 rings (SSSR count). The van der Waals surface area contributed by atoms with E-state index in [1.807, 2.05) is 0 Å². The largest absolute Gasteiger partial charge is 0.514 e. The van der Waals surface area contributed by atoms with E-state index >= 15 is 0 Å². The fourth-order valence-corrected chi connectivity index (χ4v) is 3.85. The lowest BCUT2D eigenvalue weighted by molar-refractivity contribution is -0.116. The van der Waals surface area contributed by atoms with Gasteiger partial charge < -0.3 is 14.8 Å². The van der Waals surface area contributed by atoms with E-state index in [-0.39, 0.29) is 5.91 Å². The van der Waals surface area contributed by atoms with Gasteiger partial charge in [0.05, 0.1) is 0 Å². The molecular weight excluding hydrogens is 426 g/mol. The van der Waals surface area contributed by atoms with Crippen LogP contribution < -0.4 is 10.1 Å². The average Bonchev–Trinajstić information content (AvgIpc) is 2.76. The number of amides is 1.